The molecule has 4 nitrogen and oxygen atoms in total. The van der Waals surface area contributed by atoms with Crippen molar-refractivity contribution < 1.29 is 19.1 Å². The molecule has 2 saturated carbocycles. The van der Waals surface area contributed by atoms with E-state index in [0.29, 0.717) is 25.8 Å². The first-order chi connectivity index (χ1) is 11.6. The van der Waals surface area contributed by atoms with E-state index in [1.165, 1.54) is 12.1 Å². The van der Waals surface area contributed by atoms with Crippen LogP contribution in [0.15, 0.2) is 24.3 Å². The van der Waals surface area contributed by atoms with Gasteiger partial charge in [-0.25, -0.2) is 4.39 Å². The number of aliphatic carboxylic acids is 1. The number of carbonyl (C=O) groups is 2. The highest BCUT2D eigenvalue weighted by atomic mass is 19.1. The number of carboxylic acids is 1. The number of rotatable bonds is 6. The van der Waals surface area contributed by atoms with Crippen molar-refractivity contribution in [2.75, 3.05) is 6.54 Å². The summed E-state index contributed by atoms with van der Waals surface area (Å²) in [6.45, 7) is 0.537. The van der Waals surface area contributed by atoms with E-state index >= 15 is 0 Å². The van der Waals surface area contributed by atoms with Crippen molar-refractivity contribution in [2.45, 2.75) is 51.0 Å². The van der Waals surface area contributed by atoms with Gasteiger partial charge in [-0.05, 0) is 49.8 Å². The van der Waals surface area contributed by atoms with E-state index in [9.17, 15) is 19.1 Å². The summed E-state index contributed by atoms with van der Waals surface area (Å²) in [6.07, 6.45) is 6.05. The standard InChI is InChI=1S/C19H24FNO3/c20-14-5-3-4-13(12-14)10-11-21(15-6-1-2-7-15)18(22)16-8-9-17(16)19(23)24/h3-5,12,15-17H,1-2,6-11H2,(H,23,24). The predicted octanol–water partition coefficient (Wildman–Crippen LogP) is 3.25. The Labute approximate surface area is 141 Å². The van der Waals surface area contributed by atoms with Crippen LogP contribution >= 0.6 is 0 Å². The van der Waals surface area contributed by atoms with Crippen molar-refractivity contribution in [2.24, 2.45) is 11.8 Å². The van der Waals surface area contributed by atoms with Crippen molar-refractivity contribution in [3.05, 3.63) is 35.6 Å². The Hall–Kier alpha value is -1.91. The summed E-state index contributed by atoms with van der Waals surface area (Å²) in [5, 5.41) is 9.23. The maximum absolute atomic E-state index is 13.3. The monoisotopic (exact) mass is 333 g/mol. The second-order valence-electron chi connectivity index (χ2n) is 6.98. The van der Waals surface area contributed by atoms with Crippen molar-refractivity contribution in [1.29, 1.82) is 0 Å². The van der Waals surface area contributed by atoms with Gasteiger partial charge in [0.15, 0.2) is 0 Å². The third kappa shape index (κ3) is 3.60. The Kier molecular flexibility index (Phi) is 5.17. The van der Waals surface area contributed by atoms with E-state index in [1.807, 2.05) is 11.0 Å². The first kappa shape index (κ1) is 16.9. The smallest absolute Gasteiger partial charge is 0.307 e. The fourth-order valence-electron chi connectivity index (χ4n) is 3.93. The first-order valence-electron chi connectivity index (χ1n) is 8.84. The first-order valence-corrected chi connectivity index (χ1v) is 8.84. The van der Waals surface area contributed by atoms with Crippen molar-refractivity contribution >= 4 is 11.9 Å². The van der Waals surface area contributed by atoms with E-state index < -0.39 is 11.9 Å². The van der Waals surface area contributed by atoms with Crippen LogP contribution in [0, 0.1) is 17.7 Å². The van der Waals surface area contributed by atoms with Gasteiger partial charge >= 0.3 is 5.97 Å². The molecular weight excluding hydrogens is 309 g/mol. The van der Waals surface area contributed by atoms with E-state index in [0.717, 1.165) is 31.2 Å². The molecule has 2 fully saturated rings. The number of carbonyl (C=O) groups excluding carboxylic acids is 1. The van der Waals surface area contributed by atoms with Gasteiger partial charge in [0.1, 0.15) is 5.82 Å². The largest absolute Gasteiger partial charge is 0.481 e. The number of hydrogen-bond donors (Lipinski definition) is 1. The van der Waals surface area contributed by atoms with Crippen LogP contribution in [-0.4, -0.2) is 34.5 Å². The second-order valence-corrected chi connectivity index (χ2v) is 6.98. The number of amides is 1. The van der Waals surface area contributed by atoms with Gasteiger partial charge in [0, 0.05) is 12.6 Å². The minimum Gasteiger partial charge on any atom is -0.481 e. The van der Waals surface area contributed by atoms with E-state index in [-0.39, 0.29) is 23.7 Å². The number of carboxylic acid groups (broad SMARTS) is 1. The minimum atomic E-state index is -0.865. The molecule has 1 aromatic carbocycles. The lowest BCUT2D eigenvalue weighted by Crippen LogP contribution is -2.49. The number of hydrogen-bond acceptors (Lipinski definition) is 2. The Balaban J connectivity index is 1.69. The molecule has 2 unspecified atom stereocenters. The van der Waals surface area contributed by atoms with Crippen molar-refractivity contribution in [3.8, 4) is 0 Å². The Morgan fingerprint density at radius 1 is 1.12 bits per heavy atom. The maximum atomic E-state index is 13.3. The van der Waals surface area contributed by atoms with Crippen LogP contribution in [0.25, 0.3) is 0 Å². The quantitative estimate of drug-likeness (QED) is 0.869. The fourth-order valence-corrected chi connectivity index (χ4v) is 3.93. The molecule has 1 amide bonds. The van der Waals surface area contributed by atoms with Crippen LogP contribution in [0.2, 0.25) is 0 Å². The fraction of sp³-hybridized carbons (Fsp3) is 0.579. The van der Waals surface area contributed by atoms with Crippen LogP contribution in [0.1, 0.15) is 44.1 Å². The number of benzene rings is 1. The predicted molar refractivity (Wildman–Crippen MR) is 87.9 cm³/mol. The van der Waals surface area contributed by atoms with E-state index in [1.54, 1.807) is 6.07 Å². The van der Waals surface area contributed by atoms with Crippen molar-refractivity contribution in [3.63, 3.8) is 0 Å². The third-order valence-electron chi connectivity index (χ3n) is 5.49. The summed E-state index contributed by atoms with van der Waals surface area (Å²) in [5.74, 6) is -2.06. The van der Waals surface area contributed by atoms with Crippen LogP contribution in [0.5, 0.6) is 0 Å². The summed E-state index contributed by atoms with van der Waals surface area (Å²) in [4.78, 5) is 26.0. The van der Waals surface area contributed by atoms with Crippen LogP contribution in [0.3, 0.4) is 0 Å². The second kappa shape index (κ2) is 7.32. The van der Waals surface area contributed by atoms with Gasteiger partial charge in [0.25, 0.3) is 0 Å². The molecule has 1 N–H and O–H groups in total. The van der Waals surface area contributed by atoms with Gasteiger partial charge in [0.2, 0.25) is 5.91 Å². The molecule has 0 bridgehead atoms. The summed E-state index contributed by atoms with van der Waals surface area (Å²) < 4.78 is 13.3. The molecule has 0 saturated heterocycles. The summed E-state index contributed by atoms with van der Waals surface area (Å²) in [6, 6.07) is 6.67. The highest BCUT2D eigenvalue weighted by Crippen LogP contribution is 2.37. The number of halogens is 1. The van der Waals surface area contributed by atoms with Gasteiger partial charge in [-0.15, -0.1) is 0 Å². The average Bonchev–Trinajstić information content (AvgIpc) is 3.00. The lowest BCUT2D eigenvalue weighted by molar-refractivity contribution is -0.157. The topological polar surface area (TPSA) is 57.6 Å². The van der Waals surface area contributed by atoms with Crippen LogP contribution in [-0.2, 0) is 16.0 Å². The normalized spacial score (nSPS) is 23.7. The molecule has 3 rings (SSSR count). The highest BCUT2D eigenvalue weighted by molar-refractivity contribution is 5.86. The average molecular weight is 333 g/mol. The molecule has 0 radical (unpaired) electrons. The number of nitrogens with zero attached hydrogens (tertiary/aromatic N) is 1. The molecule has 1 aromatic rings. The Bertz CT molecular complexity index is 612. The molecule has 130 valence electrons. The lowest BCUT2D eigenvalue weighted by Gasteiger charge is -2.39. The van der Waals surface area contributed by atoms with Crippen LogP contribution < -0.4 is 0 Å². The zero-order chi connectivity index (χ0) is 17.1. The SMILES string of the molecule is O=C(O)C1CCC1C(=O)N(CCc1cccc(F)c1)C1CCCC1. The molecule has 0 spiro atoms. The molecule has 0 aliphatic heterocycles. The molecule has 2 aliphatic rings. The third-order valence-corrected chi connectivity index (χ3v) is 5.49. The zero-order valence-corrected chi connectivity index (χ0v) is 13.8. The summed E-state index contributed by atoms with van der Waals surface area (Å²) in [7, 11) is 0. The zero-order valence-electron chi connectivity index (χ0n) is 13.8. The molecule has 0 aromatic heterocycles. The van der Waals surface area contributed by atoms with E-state index in [2.05, 4.69) is 0 Å². The molecular formula is C19H24FNO3. The highest BCUT2D eigenvalue weighted by Gasteiger charge is 2.44. The van der Waals surface area contributed by atoms with Gasteiger partial charge in [-0.2, -0.15) is 0 Å². The summed E-state index contributed by atoms with van der Waals surface area (Å²) in [5.41, 5.74) is 0.870. The summed E-state index contributed by atoms with van der Waals surface area (Å²) >= 11 is 0. The van der Waals surface area contributed by atoms with Crippen molar-refractivity contribution in [1.82, 2.24) is 4.90 Å². The lowest BCUT2D eigenvalue weighted by atomic mass is 9.72. The Morgan fingerprint density at radius 3 is 2.42 bits per heavy atom. The van der Waals surface area contributed by atoms with Gasteiger partial charge in [0.05, 0.1) is 11.8 Å². The maximum Gasteiger partial charge on any atom is 0.307 e. The Morgan fingerprint density at radius 2 is 1.83 bits per heavy atom. The van der Waals surface area contributed by atoms with Crippen LogP contribution in [0.4, 0.5) is 4.39 Å². The minimum absolute atomic E-state index is 0.0167. The van der Waals surface area contributed by atoms with Gasteiger partial charge in [-0.3, -0.25) is 9.59 Å². The van der Waals surface area contributed by atoms with E-state index in [4.69, 9.17) is 0 Å². The van der Waals surface area contributed by atoms with Gasteiger partial charge < -0.3 is 10.0 Å². The molecule has 0 heterocycles. The molecule has 24 heavy (non-hydrogen) atoms. The van der Waals surface area contributed by atoms with Gasteiger partial charge in [-0.1, -0.05) is 25.0 Å². The molecule has 2 aliphatic carbocycles. The molecule has 5 heteroatoms. The molecule has 2 atom stereocenters.